The number of anilines is 1. The van der Waals surface area contributed by atoms with E-state index in [0.29, 0.717) is 17.9 Å². The van der Waals surface area contributed by atoms with Gasteiger partial charge in [0.15, 0.2) is 8.32 Å². The van der Waals surface area contributed by atoms with Crippen LogP contribution in [0, 0.1) is 17.6 Å². The van der Waals surface area contributed by atoms with Crippen molar-refractivity contribution < 1.29 is 32.0 Å². The highest BCUT2D eigenvalue weighted by molar-refractivity contribution is 6.70. The Bertz CT molecular complexity index is 1750. The summed E-state index contributed by atoms with van der Waals surface area (Å²) in [6, 6.07) is 27.9. The first-order valence-electron chi connectivity index (χ1n) is 17.0. The summed E-state index contributed by atoms with van der Waals surface area (Å²) in [7, 11) is -4.02. The molecule has 1 N–H and O–H groups in total. The lowest BCUT2D eigenvalue weighted by molar-refractivity contribution is -0.134. The first-order valence-corrected chi connectivity index (χ1v) is 23.8. The van der Waals surface area contributed by atoms with Gasteiger partial charge in [-0.05, 0) is 111 Å². The standard InChI is InChI=1S/C39H46F2N2O5Si2/c1-49(2,3)47-33-21-17-29(18-22-33)37(42-32-14-10-13-31(41)25-32)34(23-24-36(48-50(4,5)6)28-15-19-30(40)20-16-28)38(44)43-35(26-46-39(43)45)27-11-8-7-9-12-27/h7-22,25,34-37,42H,23-24,26H2,1-6H3/t34-,35+,36+,37-/m1/s1. The number of carbonyl (C=O) groups excluding carboxylic acids is 2. The molecule has 0 radical (unpaired) electrons. The number of nitrogens with zero attached hydrogens (tertiary/aromatic N) is 1. The fourth-order valence-electron chi connectivity index (χ4n) is 6.20. The zero-order valence-electron chi connectivity index (χ0n) is 29.5. The Kier molecular flexibility index (Phi) is 11.6. The summed E-state index contributed by atoms with van der Waals surface area (Å²) in [6.45, 7) is 12.6. The van der Waals surface area contributed by atoms with Crippen LogP contribution in [-0.2, 0) is 14.0 Å². The van der Waals surface area contributed by atoms with Crippen LogP contribution >= 0.6 is 0 Å². The Balaban J connectivity index is 1.59. The van der Waals surface area contributed by atoms with E-state index < -0.39 is 58.6 Å². The molecule has 4 aromatic carbocycles. The van der Waals surface area contributed by atoms with Crippen LogP contribution in [0.25, 0.3) is 0 Å². The third-order valence-corrected chi connectivity index (χ3v) is 10.1. The van der Waals surface area contributed by atoms with Crippen molar-refractivity contribution in [1.29, 1.82) is 0 Å². The molecular weight excluding hydrogens is 671 g/mol. The van der Waals surface area contributed by atoms with Gasteiger partial charge < -0.3 is 18.9 Å². The first-order chi connectivity index (χ1) is 23.7. The summed E-state index contributed by atoms with van der Waals surface area (Å²) in [4.78, 5) is 29.5. The molecule has 50 heavy (non-hydrogen) atoms. The van der Waals surface area contributed by atoms with Gasteiger partial charge in [0.2, 0.25) is 14.2 Å². The topological polar surface area (TPSA) is 77.1 Å². The normalized spacial score (nSPS) is 16.8. The summed E-state index contributed by atoms with van der Waals surface area (Å²) in [5, 5.41) is 3.44. The fourth-order valence-corrected chi connectivity index (χ4v) is 8.15. The van der Waals surface area contributed by atoms with Gasteiger partial charge in [-0.2, -0.15) is 0 Å². The SMILES string of the molecule is C[Si](C)(C)Oc1ccc([C@@H](Nc2cccc(F)c2)[C@@H](CC[C@H](O[Si](C)(C)C)c2ccc(F)cc2)C(=O)N2C(=O)OC[C@H]2c2ccccc2)cc1. The molecule has 1 aliphatic rings. The van der Waals surface area contributed by atoms with E-state index in [2.05, 4.69) is 44.6 Å². The summed E-state index contributed by atoms with van der Waals surface area (Å²) in [5.41, 5.74) is 2.81. The number of benzene rings is 4. The minimum Gasteiger partial charge on any atom is -0.544 e. The lowest BCUT2D eigenvalue weighted by atomic mass is 9.85. The Hall–Kier alpha value is -4.33. The van der Waals surface area contributed by atoms with Crippen LogP contribution in [0.5, 0.6) is 5.75 Å². The average Bonchev–Trinajstić information content (AvgIpc) is 3.44. The Morgan fingerprint density at radius 2 is 1.48 bits per heavy atom. The van der Waals surface area contributed by atoms with E-state index in [4.69, 9.17) is 13.6 Å². The summed E-state index contributed by atoms with van der Waals surface area (Å²) in [5.74, 6) is -1.33. The number of hydrogen-bond donors (Lipinski definition) is 1. The maximum atomic E-state index is 15.0. The molecule has 1 heterocycles. The minimum atomic E-state index is -2.12. The van der Waals surface area contributed by atoms with Crippen molar-refractivity contribution in [3.8, 4) is 5.75 Å². The van der Waals surface area contributed by atoms with E-state index in [1.807, 2.05) is 54.6 Å². The van der Waals surface area contributed by atoms with E-state index in [1.54, 1.807) is 24.3 Å². The van der Waals surface area contributed by atoms with Gasteiger partial charge in [-0.15, -0.1) is 0 Å². The molecule has 0 saturated carbocycles. The van der Waals surface area contributed by atoms with Crippen LogP contribution in [0.15, 0.2) is 103 Å². The molecule has 264 valence electrons. The monoisotopic (exact) mass is 716 g/mol. The fraction of sp³-hybridized carbons (Fsp3) is 0.333. The second-order valence-electron chi connectivity index (χ2n) is 14.6. The van der Waals surface area contributed by atoms with Gasteiger partial charge in [0.05, 0.1) is 18.1 Å². The van der Waals surface area contributed by atoms with Gasteiger partial charge in [0.1, 0.15) is 30.0 Å². The molecule has 5 rings (SSSR count). The van der Waals surface area contributed by atoms with E-state index in [0.717, 1.165) is 16.7 Å². The first kappa shape index (κ1) is 36.9. The van der Waals surface area contributed by atoms with Gasteiger partial charge in [-0.25, -0.2) is 18.5 Å². The van der Waals surface area contributed by atoms with Gasteiger partial charge >= 0.3 is 6.09 Å². The molecule has 4 atom stereocenters. The van der Waals surface area contributed by atoms with E-state index in [9.17, 15) is 18.4 Å². The van der Waals surface area contributed by atoms with Crippen LogP contribution in [0.3, 0.4) is 0 Å². The molecule has 0 aliphatic carbocycles. The number of nitrogens with one attached hydrogen (secondary N) is 1. The zero-order valence-corrected chi connectivity index (χ0v) is 31.5. The largest absolute Gasteiger partial charge is 0.544 e. The maximum Gasteiger partial charge on any atom is 0.417 e. The van der Waals surface area contributed by atoms with Crippen molar-refractivity contribution in [3.63, 3.8) is 0 Å². The molecule has 0 unspecified atom stereocenters. The number of rotatable bonds is 14. The highest BCUT2D eigenvalue weighted by atomic mass is 28.4. The van der Waals surface area contributed by atoms with E-state index in [1.165, 1.54) is 29.2 Å². The molecule has 0 aromatic heterocycles. The maximum absolute atomic E-state index is 15.0. The summed E-state index contributed by atoms with van der Waals surface area (Å²) in [6.07, 6.45) is -0.485. The van der Waals surface area contributed by atoms with Gasteiger partial charge in [-0.1, -0.05) is 60.7 Å². The van der Waals surface area contributed by atoms with Gasteiger partial charge in [-0.3, -0.25) is 4.79 Å². The van der Waals surface area contributed by atoms with E-state index in [-0.39, 0.29) is 18.8 Å². The number of ether oxygens (including phenoxy) is 1. The third-order valence-electron chi connectivity index (χ3n) is 8.30. The number of hydrogen-bond acceptors (Lipinski definition) is 6. The molecule has 1 saturated heterocycles. The number of halogens is 2. The number of imide groups is 1. The van der Waals surface area contributed by atoms with Crippen molar-refractivity contribution in [1.82, 2.24) is 4.90 Å². The van der Waals surface area contributed by atoms with E-state index >= 15 is 0 Å². The number of carbonyl (C=O) groups is 2. The average molecular weight is 717 g/mol. The predicted octanol–water partition coefficient (Wildman–Crippen LogP) is 10.0. The van der Waals surface area contributed by atoms with Crippen LogP contribution in [0.2, 0.25) is 39.3 Å². The highest BCUT2D eigenvalue weighted by Gasteiger charge is 2.44. The number of amides is 2. The molecule has 0 bridgehead atoms. The second-order valence-corrected chi connectivity index (χ2v) is 23.5. The molecular formula is C39H46F2N2O5Si2. The van der Waals surface area contributed by atoms with Crippen LogP contribution in [0.4, 0.5) is 19.3 Å². The molecule has 1 aliphatic heterocycles. The van der Waals surface area contributed by atoms with Gasteiger partial charge in [0, 0.05) is 5.69 Å². The summed E-state index contributed by atoms with van der Waals surface area (Å²) < 4.78 is 46.8. The van der Waals surface area contributed by atoms with Crippen LogP contribution < -0.4 is 9.74 Å². The summed E-state index contributed by atoms with van der Waals surface area (Å²) >= 11 is 0. The Labute approximate surface area is 295 Å². The van der Waals surface area contributed by atoms with Crippen LogP contribution in [0.1, 0.15) is 47.7 Å². The minimum absolute atomic E-state index is 0.0307. The molecule has 2 amide bonds. The lowest BCUT2D eigenvalue weighted by Crippen LogP contribution is -2.42. The third kappa shape index (κ3) is 9.89. The second kappa shape index (κ2) is 15.7. The molecule has 0 spiro atoms. The van der Waals surface area contributed by atoms with Crippen LogP contribution in [-0.4, -0.2) is 40.1 Å². The lowest BCUT2D eigenvalue weighted by Gasteiger charge is -2.34. The van der Waals surface area contributed by atoms with Crippen molar-refractivity contribution >= 4 is 34.3 Å². The molecule has 1 fully saturated rings. The molecule has 4 aromatic rings. The van der Waals surface area contributed by atoms with Gasteiger partial charge in [0.25, 0.3) is 0 Å². The Morgan fingerprint density at radius 3 is 2.10 bits per heavy atom. The Morgan fingerprint density at radius 1 is 0.820 bits per heavy atom. The smallest absolute Gasteiger partial charge is 0.417 e. The quantitative estimate of drug-likeness (QED) is 0.131. The zero-order chi connectivity index (χ0) is 36.1. The van der Waals surface area contributed by atoms with Crippen molar-refractivity contribution in [3.05, 3.63) is 131 Å². The van der Waals surface area contributed by atoms with Crippen molar-refractivity contribution in [2.24, 2.45) is 5.92 Å². The molecule has 7 nitrogen and oxygen atoms in total. The van der Waals surface area contributed by atoms with Crippen molar-refractivity contribution in [2.45, 2.75) is 70.3 Å². The highest BCUT2D eigenvalue weighted by Crippen LogP contribution is 2.39. The number of cyclic esters (lactones) is 1. The van der Waals surface area contributed by atoms with Crippen molar-refractivity contribution in [2.75, 3.05) is 11.9 Å². The molecule has 11 heteroatoms. The predicted molar refractivity (Wildman–Crippen MR) is 197 cm³/mol.